The molecule has 0 amide bonds. The Kier molecular flexibility index (Phi) is 3.90. The molecule has 1 spiro atoms. The Hall–Kier alpha value is -1.19. The standard InChI is InChI=1S/C17H22O3/c18-15(13-6-2-1-3-7-13)16(19)14-8-11-20-17(12-14)9-4-5-10-17/h1-3,6-7,14-15,18H,4-5,8-12H2. The SMILES string of the molecule is O=C(C1CCOC2(CCCC2)C1)C(O)c1ccccc1. The second-order valence-corrected chi connectivity index (χ2v) is 6.14. The van der Waals surface area contributed by atoms with Gasteiger partial charge in [-0.25, -0.2) is 0 Å². The van der Waals surface area contributed by atoms with Crippen LogP contribution in [0.25, 0.3) is 0 Å². The van der Waals surface area contributed by atoms with Crippen molar-refractivity contribution >= 4 is 5.78 Å². The lowest BCUT2D eigenvalue weighted by Crippen LogP contribution is -2.41. The molecule has 20 heavy (non-hydrogen) atoms. The fraction of sp³-hybridized carbons (Fsp3) is 0.588. The second kappa shape index (κ2) is 5.66. The Morgan fingerprint density at radius 1 is 1.25 bits per heavy atom. The minimum atomic E-state index is -0.988. The van der Waals surface area contributed by atoms with Crippen molar-refractivity contribution < 1.29 is 14.6 Å². The molecule has 3 rings (SSSR count). The van der Waals surface area contributed by atoms with E-state index in [1.165, 1.54) is 12.8 Å². The Morgan fingerprint density at radius 3 is 2.65 bits per heavy atom. The normalized spacial score (nSPS) is 26.6. The van der Waals surface area contributed by atoms with Crippen molar-refractivity contribution in [2.24, 2.45) is 5.92 Å². The van der Waals surface area contributed by atoms with Gasteiger partial charge in [-0.2, -0.15) is 0 Å². The van der Waals surface area contributed by atoms with Crippen molar-refractivity contribution in [3.05, 3.63) is 35.9 Å². The van der Waals surface area contributed by atoms with Gasteiger partial charge in [-0.1, -0.05) is 43.2 Å². The van der Waals surface area contributed by atoms with Crippen molar-refractivity contribution in [3.63, 3.8) is 0 Å². The Morgan fingerprint density at radius 2 is 1.95 bits per heavy atom. The van der Waals surface area contributed by atoms with Crippen LogP contribution >= 0.6 is 0 Å². The summed E-state index contributed by atoms with van der Waals surface area (Å²) in [6.45, 7) is 0.651. The summed E-state index contributed by atoms with van der Waals surface area (Å²) < 4.78 is 5.96. The van der Waals surface area contributed by atoms with E-state index in [9.17, 15) is 9.90 Å². The van der Waals surface area contributed by atoms with Crippen molar-refractivity contribution in [2.75, 3.05) is 6.61 Å². The van der Waals surface area contributed by atoms with Gasteiger partial charge >= 0.3 is 0 Å². The first-order valence-electron chi connectivity index (χ1n) is 7.61. The summed E-state index contributed by atoms with van der Waals surface area (Å²) >= 11 is 0. The third-order valence-electron chi connectivity index (χ3n) is 4.79. The summed E-state index contributed by atoms with van der Waals surface area (Å²) in [5.74, 6) is -0.0946. The van der Waals surface area contributed by atoms with Crippen LogP contribution in [0.3, 0.4) is 0 Å². The van der Waals surface area contributed by atoms with Gasteiger partial charge in [-0.3, -0.25) is 4.79 Å². The highest BCUT2D eigenvalue weighted by atomic mass is 16.5. The summed E-state index contributed by atoms with van der Waals surface area (Å²) in [4.78, 5) is 12.5. The van der Waals surface area contributed by atoms with E-state index in [4.69, 9.17) is 4.74 Å². The van der Waals surface area contributed by atoms with Crippen LogP contribution < -0.4 is 0 Å². The monoisotopic (exact) mass is 274 g/mol. The molecule has 2 atom stereocenters. The molecule has 1 heterocycles. The maximum absolute atomic E-state index is 12.5. The van der Waals surface area contributed by atoms with Crippen molar-refractivity contribution in [2.45, 2.75) is 50.2 Å². The number of hydrogen-bond donors (Lipinski definition) is 1. The lowest BCUT2D eigenvalue weighted by Gasteiger charge is -2.38. The molecule has 1 saturated heterocycles. The number of aliphatic hydroxyl groups excluding tert-OH is 1. The Balaban J connectivity index is 1.70. The van der Waals surface area contributed by atoms with E-state index in [1.807, 2.05) is 30.3 Å². The topological polar surface area (TPSA) is 46.5 Å². The van der Waals surface area contributed by atoms with Crippen LogP contribution in [0.4, 0.5) is 0 Å². The molecule has 108 valence electrons. The highest BCUT2D eigenvalue weighted by Crippen LogP contribution is 2.43. The lowest BCUT2D eigenvalue weighted by atomic mass is 9.80. The number of aliphatic hydroxyl groups is 1. The van der Waals surface area contributed by atoms with Crippen molar-refractivity contribution in [3.8, 4) is 0 Å². The van der Waals surface area contributed by atoms with Crippen LogP contribution in [0.15, 0.2) is 30.3 Å². The minimum absolute atomic E-state index is 0.0363. The molecule has 1 N–H and O–H groups in total. The molecule has 2 unspecified atom stereocenters. The molecular weight excluding hydrogens is 252 g/mol. The molecule has 1 aromatic carbocycles. The summed E-state index contributed by atoms with van der Waals surface area (Å²) in [5, 5.41) is 10.3. The van der Waals surface area contributed by atoms with E-state index < -0.39 is 6.10 Å². The van der Waals surface area contributed by atoms with Gasteiger partial charge in [0.05, 0.1) is 5.60 Å². The van der Waals surface area contributed by atoms with Crippen LogP contribution in [0.5, 0.6) is 0 Å². The van der Waals surface area contributed by atoms with Gasteiger partial charge in [-0.05, 0) is 31.2 Å². The van der Waals surface area contributed by atoms with E-state index in [0.717, 1.165) is 25.7 Å². The largest absolute Gasteiger partial charge is 0.381 e. The van der Waals surface area contributed by atoms with Crippen LogP contribution in [0.2, 0.25) is 0 Å². The summed E-state index contributed by atoms with van der Waals surface area (Å²) in [5.41, 5.74) is 0.624. The van der Waals surface area contributed by atoms with Crippen LogP contribution in [0.1, 0.15) is 50.2 Å². The summed E-state index contributed by atoms with van der Waals surface area (Å²) in [7, 11) is 0. The van der Waals surface area contributed by atoms with E-state index in [2.05, 4.69) is 0 Å². The van der Waals surface area contributed by atoms with E-state index in [-0.39, 0.29) is 17.3 Å². The average Bonchev–Trinajstić information content (AvgIpc) is 2.94. The fourth-order valence-corrected chi connectivity index (χ4v) is 3.66. The van der Waals surface area contributed by atoms with Gasteiger partial charge in [-0.15, -0.1) is 0 Å². The highest BCUT2D eigenvalue weighted by molar-refractivity contribution is 5.86. The molecule has 1 aliphatic heterocycles. The molecule has 1 saturated carbocycles. The summed E-state index contributed by atoms with van der Waals surface area (Å²) in [6, 6.07) is 9.23. The molecule has 3 nitrogen and oxygen atoms in total. The highest BCUT2D eigenvalue weighted by Gasteiger charge is 2.43. The fourth-order valence-electron chi connectivity index (χ4n) is 3.66. The van der Waals surface area contributed by atoms with Gasteiger partial charge < -0.3 is 9.84 Å². The van der Waals surface area contributed by atoms with Crippen molar-refractivity contribution in [1.29, 1.82) is 0 Å². The third kappa shape index (κ3) is 2.65. The lowest BCUT2D eigenvalue weighted by molar-refractivity contribution is -0.144. The molecule has 0 bridgehead atoms. The van der Waals surface area contributed by atoms with E-state index in [1.54, 1.807) is 0 Å². The van der Waals surface area contributed by atoms with Gasteiger partial charge in [0.2, 0.25) is 0 Å². The third-order valence-corrected chi connectivity index (χ3v) is 4.79. The second-order valence-electron chi connectivity index (χ2n) is 6.14. The number of ketones is 1. The van der Waals surface area contributed by atoms with Crippen molar-refractivity contribution in [1.82, 2.24) is 0 Å². The predicted molar refractivity (Wildman–Crippen MR) is 76.3 cm³/mol. The number of benzene rings is 1. The number of hydrogen-bond acceptors (Lipinski definition) is 3. The molecule has 1 aromatic rings. The molecule has 3 heteroatoms. The van der Waals surface area contributed by atoms with E-state index in [0.29, 0.717) is 12.2 Å². The maximum atomic E-state index is 12.5. The molecule has 2 fully saturated rings. The zero-order valence-corrected chi connectivity index (χ0v) is 11.8. The first kappa shape index (κ1) is 13.8. The summed E-state index contributed by atoms with van der Waals surface area (Å²) in [6.07, 6.45) is 5.07. The van der Waals surface area contributed by atoms with Gasteiger partial charge in [0.15, 0.2) is 5.78 Å². The first-order valence-corrected chi connectivity index (χ1v) is 7.61. The van der Waals surface area contributed by atoms with Gasteiger partial charge in [0.25, 0.3) is 0 Å². The van der Waals surface area contributed by atoms with Gasteiger partial charge in [0.1, 0.15) is 6.10 Å². The number of rotatable bonds is 3. The quantitative estimate of drug-likeness (QED) is 0.921. The first-order chi connectivity index (χ1) is 9.70. The smallest absolute Gasteiger partial charge is 0.169 e. The average molecular weight is 274 g/mol. The molecule has 0 aromatic heterocycles. The number of ether oxygens (including phenoxy) is 1. The van der Waals surface area contributed by atoms with Crippen LogP contribution in [-0.4, -0.2) is 23.1 Å². The number of carbonyl (C=O) groups excluding carboxylic acids is 1. The Bertz CT molecular complexity index is 462. The maximum Gasteiger partial charge on any atom is 0.169 e. The zero-order valence-electron chi connectivity index (χ0n) is 11.8. The molecular formula is C17H22O3. The van der Waals surface area contributed by atoms with Gasteiger partial charge in [0, 0.05) is 12.5 Å². The Labute approximate surface area is 120 Å². The number of carbonyl (C=O) groups is 1. The molecule has 1 aliphatic carbocycles. The van der Waals surface area contributed by atoms with E-state index >= 15 is 0 Å². The zero-order chi connectivity index (χ0) is 14.0. The number of Topliss-reactive ketones (excluding diaryl/α,β-unsaturated/α-hetero) is 1. The molecule has 0 radical (unpaired) electrons. The predicted octanol–water partition coefficient (Wildman–Crippen LogP) is 3.03. The minimum Gasteiger partial charge on any atom is -0.381 e. The van der Waals surface area contributed by atoms with Crippen LogP contribution in [-0.2, 0) is 9.53 Å². The van der Waals surface area contributed by atoms with Crippen LogP contribution in [0, 0.1) is 5.92 Å². The molecule has 2 aliphatic rings.